The third-order valence-corrected chi connectivity index (χ3v) is 3.30. The fourth-order valence-electron chi connectivity index (χ4n) is 1.72. The van der Waals surface area contributed by atoms with Gasteiger partial charge in [0.1, 0.15) is 6.20 Å². The molecular weight excluding hydrogens is 293 g/mol. The first-order valence-electron chi connectivity index (χ1n) is 5.09. The zero-order valence-corrected chi connectivity index (χ0v) is 10.7. The van der Waals surface area contributed by atoms with Crippen LogP contribution >= 0.6 is 23.2 Å². The fraction of sp³-hybridized carbons (Fsp3) is 0. The van der Waals surface area contributed by atoms with Gasteiger partial charge in [-0.25, -0.2) is 4.98 Å². The number of H-pyrrole nitrogens is 2. The summed E-state index contributed by atoms with van der Waals surface area (Å²) in [5, 5.41) is 17.8. The standard InChI is InChI=1S/C10H5Cl2N5O2/c11-4-1-6-7(2-5(4)12)15-10(14-6)9-8(17(18)19)3-13-16-9/h1-3H,(H,13,16)(H,14,15). The summed E-state index contributed by atoms with van der Waals surface area (Å²) in [7, 11) is 0. The molecule has 0 atom stereocenters. The van der Waals surface area contributed by atoms with Crippen molar-refractivity contribution in [3.63, 3.8) is 0 Å². The first kappa shape index (κ1) is 11.9. The van der Waals surface area contributed by atoms with Crippen LogP contribution in [0.25, 0.3) is 22.6 Å². The lowest BCUT2D eigenvalue weighted by atomic mass is 10.3. The molecule has 19 heavy (non-hydrogen) atoms. The van der Waals surface area contributed by atoms with Gasteiger partial charge < -0.3 is 4.98 Å². The monoisotopic (exact) mass is 297 g/mol. The van der Waals surface area contributed by atoms with Gasteiger partial charge in [0, 0.05) is 0 Å². The molecule has 0 aliphatic carbocycles. The molecule has 2 aromatic heterocycles. The van der Waals surface area contributed by atoms with Gasteiger partial charge in [0.05, 0.1) is 26.0 Å². The summed E-state index contributed by atoms with van der Waals surface area (Å²) in [6.45, 7) is 0. The first-order chi connectivity index (χ1) is 9.06. The van der Waals surface area contributed by atoms with Crippen molar-refractivity contribution in [3.8, 4) is 11.5 Å². The van der Waals surface area contributed by atoms with E-state index in [9.17, 15) is 10.1 Å². The lowest BCUT2D eigenvalue weighted by molar-refractivity contribution is -0.384. The van der Waals surface area contributed by atoms with Gasteiger partial charge in [-0.1, -0.05) is 23.2 Å². The number of benzene rings is 1. The summed E-state index contributed by atoms with van der Waals surface area (Å²) >= 11 is 11.8. The molecule has 0 fully saturated rings. The third-order valence-electron chi connectivity index (χ3n) is 2.58. The number of hydrogen-bond donors (Lipinski definition) is 2. The SMILES string of the molecule is O=[N+]([O-])c1cn[nH]c1-c1nc2cc(Cl)c(Cl)cc2[nH]1. The molecular formula is C10H5Cl2N5O2. The van der Waals surface area contributed by atoms with E-state index in [0.717, 1.165) is 6.20 Å². The van der Waals surface area contributed by atoms with Gasteiger partial charge in [0.25, 0.3) is 0 Å². The van der Waals surface area contributed by atoms with E-state index in [-0.39, 0.29) is 11.4 Å². The number of aromatic nitrogens is 4. The lowest BCUT2D eigenvalue weighted by Gasteiger charge is -1.93. The predicted molar refractivity (Wildman–Crippen MR) is 70.3 cm³/mol. The summed E-state index contributed by atoms with van der Waals surface area (Å²) in [6.07, 6.45) is 1.13. The number of nitrogens with zero attached hydrogens (tertiary/aromatic N) is 3. The highest BCUT2D eigenvalue weighted by molar-refractivity contribution is 6.42. The number of hydrogen-bond acceptors (Lipinski definition) is 4. The van der Waals surface area contributed by atoms with E-state index in [2.05, 4.69) is 20.2 Å². The molecule has 0 saturated carbocycles. The average Bonchev–Trinajstić information content (AvgIpc) is 2.95. The summed E-state index contributed by atoms with van der Waals surface area (Å²) in [4.78, 5) is 17.5. The van der Waals surface area contributed by atoms with Crippen LogP contribution in [0.2, 0.25) is 10.0 Å². The van der Waals surface area contributed by atoms with Crippen molar-refractivity contribution < 1.29 is 4.92 Å². The van der Waals surface area contributed by atoms with Crippen LogP contribution in [0.4, 0.5) is 5.69 Å². The van der Waals surface area contributed by atoms with Crippen molar-refractivity contribution >= 4 is 39.9 Å². The average molecular weight is 298 g/mol. The van der Waals surface area contributed by atoms with E-state index in [0.29, 0.717) is 26.9 Å². The first-order valence-corrected chi connectivity index (χ1v) is 5.85. The molecule has 0 amide bonds. The van der Waals surface area contributed by atoms with Crippen LogP contribution in [0.15, 0.2) is 18.3 Å². The number of nitrogens with one attached hydrogen (secondary N) is 2. The second-order valence-corrected chi connectivity index (χ2v) is 4.57. The zero-order chi connectivity index (χ0) is 13.6. The molecule has 3 rings (SSSR count). The Morgan fingerprint density at radius 3 is 2.74 bits per heavy atom. The van der Waals surface area contributed by atoms with Crippen molar-refractivity contribution in [2.45, 2.75) is 0 Å². The van der Waals surface area contributed by atoms with Crippen LogP contribution in [0.5, 0.6) is 0 Å². The minimum absolute atomic E-state index is 0.156. The van der Waals surface area contributed by atoms with Crippen LogP contribution in [-0.4, -0.2) is 25.1 Å². The molecule has 7 nitrogen and oxygen atoms in total. The van der Waals surface area contributed by atoms with Crippen molar-refractivity contribution in [1.29, 1.82) is 0 Å². The van der Waals surface area contributed by atoms with E-state index in [4.69, 9.17) is 23.2 Å². The van der Waals surface area contributed by atoms with Crippen LogP contribution in [0.1, 0.15) is 0 Å². The predicted octanol–water partition coefficient (Wildman–Crippen LogP) is 3.17. The Morgan fingerprint density at radius 1 is 1.26 bits per heavy atom. The van der Waals surface area contributed by atoms with Gasteiger partial charge in [0.15, 0.2) is 11.5 Å². The Morgan fingerprint density at radius 2 is 2.00 bits per heavy atom. The summed E-state index contributed by atoms with van der Waals surface area (Å²) in [6, 6.07) is 3.19. The van der Waals surface area contributed by atoms with Crippen molar-refractivity contribution in [2.75, 3.05) is 0 Å². The molecule has 96 valence electrons. The highest BCUT2D eigenvalue weighted by Gasteiger charge is 2.20. The second kappa shape index (κ2) is 4.22. The van der Waals surface area contributed by atoms with E-state index in [1.807, 2.05) is 0 Å². The number of aromatic amines is 2. The van der Waals surface area contributed by atoms with Crippen LogP contribution < -0.4 is 0 Å². The second-order valence-electron chi connectivity index (χ2n) is 3.76. The maximum absolute atomic E-state index is 10.8. The Balaban J connectivity index is 2.21. The number of nitro groups is 1. The Bertz CT molecular complexity index is 755. The van der Waals surface area contributed by atoms with Gasteiger partial charge >= 0.3 is 5.69 Å². The molecule has 2 heterocycles. The highest BCUT2D eigenvalue weighted by atomic mass is 35.5. The van der Waals surface area contributed by atoms with Gasteiger partial charge in [-0.05, 0) is 12.1 Å². The van der Waals surface area contributed by atoms with Crippen LogP contribution in [0.3, 0.4) is 0 Å². The molecule has 0 bridgehead atoms. The van der Waals surface area contributed by atoms with E-state index in [1.165, 1.54) is 0 Å². The van der Waals surface area contributed by atoms with Crippen molar-refractivity contribution in [3.05, 3.63) is 38.5 Å². The number of halogens is 2. The molecule has 0 aliphatic rings. The van der Waals surface area contributed by atoms with Gasteiger partial charge in [0.2, 0.25) is 0 Å². The van der Waals surface area contributed by atoms with Gasteiger partial charge in [-0.2, -0.15) is 5.10 Å². The fourth-order valence-corrected chi connectivity index (χ4v) is 2.04. The van der Waals surface area contributed by atoms with E-state index >= 15 is 0 Å². The smallest absolute Gasteiger partial charge is 0.317 e. The lowest BCUT2D eigenvalue weighted by Crippen LogP contribution is -1.90. The summed E-state index contributed by atoms with van der Waals surface area (Å²) in [5.74, 6) is 0.303. The number of imidazole rings is 1. The van der Waals surface area contributed by atoms with Crippen molar-refractivity contribution in [1.82, 2.24) is 20.2 Å². The molecule has 0 aliphatic heterocycles. The third kappa shape index (κ3) is 1.92. The van der Waals surface area contributed by atoms with Crippen LogP contribution in [0, 0.1) is 10.1 Å². The topological polar surface area (TPSA) is 100 Å². The maximum Gasteiger partial charge on any atom is 0.317 e. The molecule has 0 saturated heterocycles. The minimum atomic E-state index is -0.536. The zero-order valence-electron chi connectivity index (χ0n) is 9.15. The Kier molecular flexibility index (Phi) is 2.65. The molecule has 3 aromatic rings. The maximum atomic E-state index is 10.8. The van der Waals surface area contributed by atoms with E-state index < -0.39 is 4.92 Å². The van der Waals surface area contributed by atoms with Gasteiger partial charge in [-0.3, -0.25) is 15.2 Å². The molecule has 2 N–H and O–H groups in total. The number of fused-ring (bicyclic) bond motifs is 1. The molecule has 9 heteroatoms. The van der Waals surface area contributed by atoms with E-state index in [1.54, 1.807) is 12.1 Å². The quantitative estimate of drug-likeness (QED) is 0.560. The van der Waals surface area contributed by atoms with Gasteiger partial charge in [-0.15, -0.1) is 0 Å². The largest absolute Gasteiger partial charge is 0.336 e. The molecule has 0 radical (unpaired) electrons. The Hall–Kier alpha value is -2.12. The summed E-state index contributed by atoms with van der Waals surface area (Å²) < 4.78 is 0. The molecule has 0 spiro atoms. The minimum Gasteiger partial charge on any atom is -0.336 e. The Labute approximate surface area is 115 Å². The summed E-state index contributed by atoms with van der Waals surface area (Å²) in [5.41, 5.74) is 1.24. The normalized spacial score (nSPS) is 11.1. The number of rotatable bonds is 2. The highest BCUT2D eigenvalue weighted by Crippen LogP contribution is 2.30. The van der Waals surface area contributed by atoms with Crippen molar-refractivity contribution in [2.24, 2.45) is 0 Å². The molecule has 0 unspecified atom stereocenters. The molecule has 1 aromatic carbocycles. The van der Waals surface area contributed by atoms with Crippen LogP contribution in [-0.2, 0) is 0 Å².